The van der Waals surface area contributed by atoms with Gasteiger partial charge in [-0.2, -0.15) is 0 Å². The van der Waals surface area contributed by atoms with E-state index < -0.39 is 5.41 Å². The summed E-state index contributed by atoms with van der Waals surface area (Å²) < 4.78 is 14.3. The summed E-state index contributed by atoms with van der Waals surface area (Å²) in [5.74, 6) is -0.249. The zero-order valence-corrected chi connectivity index (χ0v) is 25.5. The van der Waals surface area contributed by atoms with E-state index in [0.717, 1.165) is 22.4 Å². The molecule has 220 valence electrons. The summed E-state index contributed by atoms with van der Waals surface area (Å²) in [7, 11) is 0. The lowest BCUT2D eigenvalue weighted by Gasteiger charge is -2.33. The van der Waals surface area contributed by atoms with E-state index in [1.807, 2.05) is 18.2 Å². The molecule has 0 aromatic heterocycles. The van der Waals surface area contributed by atoms with Gasteiger partial charge >= 0.3 is 0 Å². The summed E-state index contributed by atoms with van der Waals surface area (Å²) in [5.41, 5.74) is 12.8. The standard InChI is InChI=1S/C45H28FN/c46-30-23-25-32(26-24-30)47(31-13-2-1-3-14-31)42-28-41-43(37-19-7-6-18-36(37)42)38-27-22-29-12-4-5-15-33(29)44(38)45(41)39-20-10-8-16-34(39)35-17-9-11-21-40(35)45/h1-28H. The molecule has 0 amide bonds. The van der Waals surface area contributed by atoms with Gasteiger partial charge in [-0.1, -0.05) is 127 Å². The molecule has 8 aromatic carbocycles. The van der Waals surface area contributed by atoms with Crippen LogP contribution in [0.15, 0.2) is 170 Å². The zero-order valence-electron chi connectivity index (χ0n) is 25.5. The Labute approximate surface area is 272 Å². The van der Waals surface area contributed by atoms with E-state index in [9.17, 15) is 4.39 Å². The molecule has 0 N–H and O–H groups in total. The first-order valence-electron chi connectivity index (χ1n) is 16.1. The van der Waals surface area contributed by atoms with Gasteiger partial charge in [0, 0.05) is 16.8 Å². The normalized spacial score (nSPS) is 13.4. The van der Waals surface area contributed by atoms with Crippen LogP contribution in [0.4, 0.5) is 21.5 Å². The van der Waals surface area contributed by atoms with Gasteiger partial charge < -0.3 is 4.90 Å². The van der Waals surface area contributed by atoms with Crippen molar-refractivity contribution in [3.8, 4) is 22.3 Å². The predicted octanol–water partition coefficient (Wildman–Crippen LogP) is 11.9. The van der Waals surface area contributed by atoms with E-state index in [1.54, 1.807) is 12.1 Å². The third-order valence-corrected chi connectivity index (χ3v) is 10.3. The molecule has 1 spiro atoms. The number of fused-ring (bicyclic) bond motifs is 14. The van der Waals surface area contributed by atoms with Gasteiger partial charge in [-0.05, 0) is 103 Å². The molecule has 0 heterocycles. The van der Waals surface area contributed by atoms with Crippen molar-refractivity contribution in [3.05, 3.63) is 198 Å². The number of halogens is 1. The van der Waals surface area contributed by atoms with E-state index in [0.29, 0.717) is 0 Å². The summed E-state index contributed by atoms with van der Waals surface area (Å²) in [4.78, 5) is 2.28. The predicted molar refractivity (Wildman–Crippen MR) is 192 cm³/mol. The van der Waals surface area contributed by atoms with Crippen LogP contribution in [0.5, 0.6) is 0 Å². The Morgan fingerprint density at radius 1 is 0.426 bits per heavy atom. The van der Waals surface area contributed by atoms with Gasteiger partial charge in [0.1, 0.15) is 5.82 Å². The fourth-order valence-corrected chi connectivity index (χ4v) is 8.53. The van der Waals surface area contributed by atoms with Crippen molar-refractivity contribution < 1.29 is 4.39 Å². The zero-order chi connectivity index (χ0) is 31.1. The minimum Gasteiger partial charge on any atom is -0.310 e. The SMILES string of the molecule is Fc1ccc(N(c2ccccc2)c2cc3c(c4ccccc24)-c2ccc4ccccc4c2C32c3ccccc3-c3ccccc32)cc1. The average Bonchev–Trinajstić information content (AvgIpc) is 3.60. The van der Waals surface area contributed by atoms with E-state index >= 15 is 0 Å². The minimum atomic E-state index is -0.525. The van der Waals surface area contributed by atoms with E-state index in [2.05, 4.69) is 144 Å². The Balaban J connectivity index is 1.41. The summed E-state index contributed by atoms with van der Waals surface area (Å²) in [6, 6.07) is 59.9. The van der Waals surface area contributed by atoms with Crippen LogP contribution in [0.3, 0.4) is 0 Å². The molecule has 0 bridgehead atoms. The Morgan fingerprint density at radius 2 is 1.00 bits per heavy atom. The maximum absolute atomic E-state index is 14.3. The Kier molecular flexibility index (Phi) is 5.45. The van der Waals surface area contributed by atoms with E-state index in [1.165, 1.54) is 60.7 Å². The second kappa shape index (κ2) is 9.75. The molecule has 10 rings (SSSR count). The largest absolute Gasteiger partial charge is 0.310 e. The lowest BCUT2D eigenvalue weighted by Crippen LogP contribution is -2.26. The highest BCUT2D eigenvalue weighted by molar-refractivity contribution is 6.14. The van der Waals surface area contributed by atoms with Gasteiger partial charge in [0.05, 0.1) is 11.1 Å². The van der Waals surface area contributed by atoms with Gasteiger partial charge in [-0.15, -0.1) is 0 Å². The van der Waals surface area contributed by atoms with Crippen molar-refractivity contribution in [3.63, 3.8) is 0 Å². The summed E-state index contributed by atoms with van der Waals surface area (Å²) in [6.07, 6.45) is 0. The van der Waals surface area contributed by atoms with Crippen LogP contribution in [-0.4, -0.2) is 0 Å². The molecule has 2 aliphatic rings. The number of hydrogen-bond donors (Lipinski definition) is 0. The van der Waals surface area contributed by atoms with Gasteiger partial charge in [0.15, 0.2) is 0 Å². The van der Waals surface area contributed by atoms with Gasteiger partial charge in [0.2, 0.25) is 0 Å². The lowest BCUT2D eigenvalue weighted by molar-refractivity contribution is 0.628. The average molecular weight is 602 g/mol. The molecule has 47 heavy (non-hydrogen) atoms. The van der Waals surface area contributed by atoms with E-state index in [-0.39, 0.29) is 5.82 Å². The molecule has 0 fully saturated rings. The molecule has 1 nitrogen and oxygen atoms in total. The molecule has 0 radical (unpaired) electrons. The van der Waals surface area contributed by atoms with Crippen molar-refractivity contribution in [2.24, 2.45) is 0 Å². The quantitative estimate of drug-likeness (QED) is 0.195. The van der Waals surface area contributed by atoms with Crippen LogP contribution in [0.1, 0.15) is 22.3 Å². The Morgan fingerprint density at radius 3 is 1.72 bits per heavy atom. The van der Waals surface area contributed by atoms with Crippen LogP contribution in [-0.2, 0) is 5.41 Å². The number of para-hydroxylation sites is 1. The van der Waals surface area contributed by atoms with Crippen molar-refractivity contribution in [1.82, 2.24) is 0 Å². The summed E-state index contributed by atoms with van der Waals surface area (Å²) >= 11 is 0. The monoisotopic (exact) mass is 601 g/mol. The minimum absolute atomic E-state index is 0.249. The number of anilines is 3. The maximum atomic E-state index is 14.3. The third kappa shape index (κ3) is 3.47. The molecule has 2 heteroatoms. The lowest BCUT2D eigenvalue weighted by atomic mass is 9.69. The van der Waals surface area contributed by atoms with E-state index in [4.69, 9.17) is 0 Å². The van der Waals surface area contributed by atoms with Gasteiger partial charge in [-0.3, -0.25) is 0 Å². The molecule has 8 aromatic rings. The first kappa shape index (κ1) is 26.2. The van der Waals surface area contributed by atoms with Crippen LogP contribution in [0, 0.1) is 5.82 Å². The molecule has 0 saturated heterocycles. The summed E-state index contributed by atoms with van der Waals surface area (Å²) in [6.45, 7) is 0. The van der Waals surface area contributed by atoms with Crippen LogP contribution < -0.4 is 4.90 Å². The van der Waals surface area contributed by atoms with Crippen molar-refractivity contribution >= 4 is 38.6 Å². The Bertz CT molecular complexity index is 2490. The molecule has 0 unspecified atom stereocenters. The number of rotatable bonds is 3. The van der Waals surface area contributed by atoms with Crippen LogP contribution >= 0.6 is 0 Å². The topological polar surface area (TPSA) is 3.24 Å². The molecule has 2 aliphatic carbocycles. The third-order valence-electron chi connectivity index (χ3n) is 10.3. The second-order valence-electron chi connectivity index (χ2n) is 12.6. The second-order valence-corrected chi connectivity index (χ2v) is 12.6. The molecule has 0 atom stereocenters. The number of hydrogen-bond acceptors (Lipinski definition) is 1. The molecule has 0 aliphatic heterocycles. The highest BCUT2D eigenvalue weighted by Crippen LogP contribution is 2.66. The van der Waals surface area contributed by atoms with Crippen LogP contribution in [0.25, 0.3) is 43.8 Å². The maximum Gasteiger partial charge on any atom is 0.123 e. The van der Waals surface area contributed by atoms with Crippen molar-refractivity contribution in [2.75, 3.05) is 4.90 Å². The number of benzene rings is 8. The molecule has 0 saturated carbocycles. The van der Waals surface area contributed by atoms with Crippen molar-refractivity contribution in [1.29, 1.82) is 0 Å². The highest BCUT2D eigenvalue weighted by atomic mass is 19.1. The molecular weight excluding hydrogens is 574 g/mol. The number of nitrogens with zero attached hydrogens (tertiary/aromatic N) is 1. The van der Waals surface area contributed by atoms with Gasteiger partial charge in [-0.25, -0.2) is 4.39 Å². The fraction of sp³-hybridized carbons (Fsp3) is 0.0222. The fourth-order valence-electron chi connectivity index (χ4n) is 8.53. The smallest absolute Gasteiger partial charge is 0.123 e. The Hall–Kier alpha value is -5.99. The van der Waals surface area contributed by atoms with Crippen molar-refractivity contribution in [2.45, 2.75) is 5.41 Å². The van der Waals surface area contributed by atoms with Crippen LogP contribution in [0.2, 0.25) is 0 Å². The summed E-state index contributed by atoms with van der Waals surface area (Å²) in [5, 5.41) is 4.87. The first-order valence-corrected chi connectivity index (χ1v) is 16.1. The molecular formula is C45H28FN. The first-order chi connectivity index (χ1) is 23.2. The van der Waals surface area contributed by atoms with Gasteiger partial charge in [0.25, 0.3) is 0 Å². The highest BCUT2D eigenvalue weighted by Gasteiger charge is 2.53.